The first-order chi connectivity index (χ1) is 12.4. The summed E-state index contributed by atoms with van der Waals surface area (Å²) in [6.07, 6.45) is 16.0. The van der Waals surface area contributed by atoms with Crippen LogP contribution in [0.15, 0.2) is 24.3 Å². The molecule has 0 heterocycles. The number of carboxylic acid groups (broad SMARTS) is 1. The fourth-order valence-electron chi connectivity index (χ4n) is 3.58. The van der Waals surface area contributed by atoms with Crippen molar-refractivity contribution in [1.82, 2.24) is 0 Å². The summed E-state index contributed by atoms with van der Waals surface area (Å²) in [7, 11) is 0. The van der Waals surface area contributed by atoms with Gasteiger partial charge in [-0.2, -0.15) is 0 Å². The van der Waals surface area contributed by atoms with Crippen LogP contribution < -0.4 is 0 Å². The molecule has 0 radical (unpaired) electrons. The van der Waals surface area contributed by atoms with E-state index in [0.29, 0.717) is 18.6 Å². The van der Waals surface area contributed by atoms with Gasteiger partial charge in [-0.25, -0.2) is 0 Å². The number of aliphatic hydroxyl groups is 1. The second-order valence-electron chi connectivity index (χ2n) is 7.73. The molecule has 148 valence electrons. The average molecular weight is 365 g/mol. The van der Waals surface area contributed by atoms with Crippen LogP contribution in [0.2, 0.25) is 0 Å². The SMILES string of the molecule is CCCCCC(O)CC=C[C@H]1CCC(=O)[C@@H]1CC=CCC(C)CC(=O)O. The van der Waals surface area contributed by atoms with E-state index in [1.807, 2.05) is 25.2 Å². The summed E-state index contributed by atoms with van der Waals surface area (Å²) in [6.45, 7) is 4.08. The minimum absolute atomic E-state index is 0.0366. The summed E-state index contributed by atoms with van der Waals surface area (Å²) in [5.74, 6) is -0.0146. The Hall–Kier alpha value is -1.42. The highest BCUT2D eigenvalue weighted by molar-refractivity contribution is 5.83. The first-order valence-corrected chi connectivity index (χ1v) is 10.2. The van der Waals surface area contributed by atoms with Crippen LogP contribution >= 0.6 is 0 Å². The van der Waals surface area contributed by atoms with Gasteiger partial charge in [0.05, 0.1) is 6.10 Å². The third-order valence-corrected chi connectivity index (χ3v) is 5.21. The maximum absolute atomic E-state index is 12.1. The second-order valence-corrected chi connectivity index (χ2v) is 7.73. The third kappa shape index (κ3) is 9.33. The molecule has 2 unspecified atom stereocenters. The van der Waals surface area contributed by atoms with E-state index >= 15 is 0 Å². The van der Waals surface area contributed by atoms with Crippen LogP contribution in [0.25, 0.3) is 0 Å². The van der Waals surface area contributed by atoms with E-state index in [1.54, 1.807) is 0 Å². The topological polar surface area (TPSA) is 74.6 Å². The molecule has 1 fully saturated rings. The Morgan fingerprint density at radius 1 is 1.23 bits per heavy atom. The predicted octanol–water partition coefficient (Wildman–Crippen LogP) is 4.92. The summed E-state index contributed by atoms with van der Waals surface area (Å²) in [5.41, 5.74) is 0. The maximum Gasteiger partial charge on any atom is 0.303 e. The van der Waals surface area contributed by atoms with E-state index in [9.17, 15) is 14.7 Å². The molecule has 1 saturated carbocycles. The van der Waals surface area contributed by atoms with Gasteiger partial charge < -0.3 is 10.2 Å². The number of Topliss-reactive ketones (excluding diaryl/α,β-unsaturated/α-hetero) is 1. The first kappa shape index (κ1) is 22.6. The van der Waals surface area contributed by atoms with Gasteiger partial charge in [-0.15, -0.1) is 0 Å². The van der Waals surface area contributed by atoms with Crippen LogP contribution in [-0.2, 0) is 9.59 Å². The fourth-order valence-corrected chi connectivity index (χ4v) is 3.58. The number of allylic oxidation sites excluding steroid dienone is 3. The van der Waals surface area contributed by atoms with E-state index in [0.717, 1.165) is 44.9 Å². The van der Waals surface area contributed by atoms with Gasteiger partial charge in [0.2, 0.25) is 0 Å². The molecule has 4 nitrogen and oxygen atoms in total. The van der Waals surface area contributed by atoms with Crippen molar-refractivity contribution in [2.45, 2.75) is 84.2 Å². The van der Waals surface area contributed by atoms with Crippen LogP contribution in [0.5, 0.6) is 0 Å². The van der Waals surface area contributed by atoms with Gasteiger partial charge in [0.15, 0.2) is 0 Å². The van der Waals surface area contributed by atoms with Gasteiger partial charge in [0.25, 0.3) is 0 Å². The van der Waals surface area contributed by atoms with Gasteiger partial charge in [0.1, 0.15) is 5.78 Å². The zero-order valence-corrected chi connectivity index (χ0v) is 16.4. The largest absolute Gasteiger partial charge is 0.481 e. The van der Waals surface area contributed by atoms with Crippen molar-refractivity contribution in [3.05, 3.63) is 24.3 Å². The standard InChI is InChI=1S/C22H36O4/c1-3-4-5-11-19(23)12-8-10-18-14-15-21(24)20(18)13-7-6-9-17(2)16-22(25)26/h6-8,10,17-20,23H,3-5,9,11-16H2,1-2H3,(H,25,26)/t17?,18-,19?,20+/m0/s1. The lowest BCUT2D eigenvalue weighted by Crippen LogP contribution is -2.12. The average Bonchev–Trinajstić information content (AvgIpc) is 2.91. The molecule has 4 heteroatoms. The molecular weight excluding hydrogens is 328 g/mol. The van der Waals surface area contributed by atoms with Gasteiger partial charge >= 0.3 is 5.97 Å². The van der Waals surface area contributed by atoms with Crippen LogP contribution in [0, 0.1) is 17.8 Å². The molecule has 0 spiro atoms. The van der Waals surface area contributed by atoms with Crippen molar-refractivity contribution in [1.29, 1.82) is 0 Å². The Balaban J connectivity index is 2.38. The number of aliphatic hydroxyl groups excluding tert-OH is 1. The summed E-state index contributed by atoms with van der Waals surface area (Å²) in [4.78, 5) is 22.8. The highest BCUT2D eigenvalue weighted by Crippen LogP contribution is 2.33. The van der Waals surface area contributed by atoms with E-state index < -0.39 is 5.97 Å². The molecule has 0 amide bonds. The number of rotatable bonds is 13. The lowest BCUT2D eigenvalue weighted by molar-refractivity contribution is -0.137. The minimum Gasteiger partial charge on any atom is -0.481 e. The summed E-state index contributed by atoms with van der Waals surface area (Å²) < 4.78 is 0. The maximum atomic E-state index is 12.1. The molecule has 0 aromatic heterocycles. The predicted molar refractivity (Wildman–Crippen MR) is 105 cm³/mol. The normalized spacial score (nSPS) is 23.1. The summed E-state index contributed by atoms with van der Waals surface area (Å²) >= 11 is 0. The number of hydrogen-bond donors (Lipinski definition) is 2. The number of carboxylic acids is 1. The quantitative estimate of drug-likeness (QED) is 0.359. The lowest BCUT2D eigenvalue weighted by Gasteiger charge is -2.13. The number of ketones is 1. The van der Waals surface area contributed by atoms with Crippen molar-refractivity contribution < 1.29 is 19.8 Å². The van der Waals surface area contributed by atoms with Gasteiger partial charge in [-0.1, -0.05) is 57.4 Å². The number of aliphatic carboxylic acids is 1. The van der Waals surface area contributed by atoms with Crippen LogP contribution in [0.3, 0.4) is 0 Å². The Morgan fingerprint density at radius 3 is 2.69 bits per heavy atom. The third-order valence-electron chi connectivity index (χ3n) is 5.21. The van der Waals surface area contributed by atoms with Gasteiger partial charge in [-0.05, 0) is 43.9 Å². The first-order valence-electron chi connectivity index (χ1n) is 10.2. The van der Waals surface area contributed by atoms with Crippen molar-refractivity contribution in [2.75, 3.05) is 0 Å². The minimum atomic E-state index is -0.765. The second kappa shape index (κ2) is 12.9. The molecule has 0 aromatic rings. The van der Waals surface area contributed by atoms with Crippen LogP contribution in [0.4, 0.5) is 0 Å². The van der Waals surface area contributed by atoms with Gasteiger partial charge in [-0.3, -0.25) is 9.59 Å². The van der Waals surface area contributed by atoms with Crippen LogP contribution in [0.1, 0.15) is 78.1 Å². The van der Waals surface area contributed by atoms with Crippen molar-refractivity contribution >= 4 is 11.8 Å². The molecular formula is C22H36O4. The number of carbonyl (C=O) groups is 2. The highest BCUT2D eigenvalue weighted by Gasteiger charge is 2.31. The zero-order chi connectivity index (χ0) is 19.4. The molecule has 26 heavy (non-hydrogen) atoms. The summed E-state index contributed by atoms with van der Waals surface area (Å²) in [5, 5.41) is 18.8. The van der Waals surface area contributed by atoms with Gasteiger partial charge in [0, 0.05) is 18.8 Å². The molecule has 0 bridgehead atoms. The molecule has 0 aromatic carbocycles. The lowest BCUT2D eigenvalue weighted by atomic mass is 9.91. The Labute approximate surface area is 158 Å². The molecule has 1 aliphatic rings. The van der Waals surface area contributed by atoms with E-state index in [2.05, 4.69) is 13.0 Å². The summed E-state index contributed by atoms with van der Waals surface area (Å²) in [6, 6.07) is 0. The fraction of sp³-hybridized carbons (Fsp3) is 0.727. The molecule has 0 aliphatic heterocycles. The van der Waals surface area contributed by atoms with Crippen molar-refractivity contribution in [3.8, 4) is 0 Å². The van der Waals surface area contributed by atoms with Crippen LogP contribution in [-0.4, -0.2) is 28.1 Å². The molecule has 0 saturated heterocycles. The number of unbranched alkanes of at least 4 members (excludes halogenated alkanes) is 2. The molecule has 1 aliphatic carbocycles. The molecule has 2 N–H and O–H groups in total. The Kier molecular flexibility index (Phi) is 11.2. The van der Waals surface area contributed by atoms with E-state index in [-0.39, 0.29) is 30.3 Å². The number of hydrogen-bond acceptors (Lipinski definition) is 3. The molecule has 4 atom stereocenters. The Morgan fingerprint density at radius 2 is 2.00 bits per heavy atom. The van der Waals surface area contributed by atoms with Crippen molar-refractivity contribution in [2.24, 2.45) is 17.8 Å². The smallest absolute Gasteiger partial charge is 0.303 e. The Bertz CT molecular complexity index is 481. The zero-order valence-electron chi connectivity index (χ0n) is 16.4. The molecule has 1 rings (SSSR count). The number of carbonyl (C=O) groups excluding carboxylic acids is 1. The van der Waals surface area contributed by atoms with Crippen molar-refractivity contribution in [3.63, 3.8) is 0 Å². The monoisotopic (exact) mass is 364 g/mol. The van der Waals surface area contributed by atoms with E-state index in [4.69, 9.17) is 5.11 Å². The van der Waals surface area contributed by atoms with E-state index in [1.165, 1.54) is 0 Å². The highest BCUT2D eigenvalue weighted by atomic mass is 16.4.